The van der Waals surface area contributed by atoms with Gasteiger partial charge in [-0.2, -0.15) is 0 Å². The second kappa shape index (κ2) is 9.28. The normalized spacial score (nSPS) is 30.8. The van der Waals surface area contributed by atoms with Crippen molar-refractivity contribution in [2.75, 3.05) is 13.2 Å². The Balaban J connectivity index is 2.29. The van der Waals surface area contributed by atoms with E-state index in [9.17, 15) is 20.1 Å². The summed E-state index contributed by atoms with van der Waals surface area (Å²) in [5.41, 5.74) is 0. The lowest BCUT2D eigenvalue weighted by molar-refractivity contribution is -0.163. The number of rotatable bonds is 7. The highest BCUT2D eigenvalue weighted by Gasteiger charge is 2.36. The van der Waals surface area contributed by atoms with E-state index in [-0.39, 0.29) is 13.2 Å². The van der Waals surface area contributed by atoms with Crippen molar-refractivity contribution >= 4 is 5.97 Å². The maximum absolute atomic E-state index is 11.7. The zero-order chi connectivity index (χ0) is 15.0. The second-order valence-corrected chi connectivity index (χ2v) is 5.28. The Morgan fingerprint density at radius 1 is 1.10 bits per heavy atom. The molecule has 1 aliphatic rings. The minimum atomic E-state index is -1.36. The van der Waals surface area contributed by atoms with Crippen LogP contribution in [0.15, 0.2) is 0 Å². The molecule has 1 saturated heterocycles. The molecule has 1 fully saturated rings. The Morgan fingerprint density at radius 3 is 2.50 bits per heavy atom. The van der Waals surface area contributed by atoms with Gasteiger partial charge in [0.1, 0.15) is 18.3 Å². The number of unbranched alkanes of at least 4 members (excludes halogenated alkanes) is 4. The maximum Gasteiger partial charge on any atom is 0.306 e. The van der Waals surface area contributed by atoms with E-state index < -0.39 is 30.4 Å². The van der Waals surface area contributed by atoms with Crippen molar-refractivity contribution in [2.45, 2.75) is 69.9 Å². The molecule has 0 aliphatic carbocycles. The second-order valence-electron chi connectivity index (χ2n) is 5.28. The largest absolute Gasteiger partial charge is 0.457 e. The van der Waals surface area contributed by atoms with Crippen molar-refractivity contribution < 1.29 is 29.6 Å². The Kier molecular flexibility index (Phi) is 8.06. The van der Waals surface area contributed by atoms with Crippen LogP contribution in [-0.4, -0.2) is 58.9 Å². The first-order chi connectivity index (χ1) is 9.56. The number of carbonyl (C=O) groups excluding carboxylic acids is 1. The van der Waals surface area contributed by atoms with E-state index in [4.69, 9.17) is 9.47 Å². The lowest BCUT2D eigenvalue weighted by Gasteiger charge is -2.24. The Morgan fingerprint density at radius 2 is 1.80 bits per heavy atom. The van der Waals surface area contributed by atoms with Crippen LogP contribution in [0.5, 0.6) is 0 Å². The van der Waals surface area contributed by atoms with Gasteiger partial charge in [-0.25, -0.2) is 0 Å². The molecule has 0 aromatic heterocycles. The number of ether oxygens (including phenoxy) is 2. The Bertz CT molecular complexity index is 283. The van der Waals surface area contributed by atoms with Crippen molar-refractivity contribution in [1.29, 1.82) is 0 Å². The van der Waals surface area contributed by atoms with Gasteiger partial charge in [0.05, 0.1) is 13.2 Å². The Hall–Kier alpha value is -0.690. The van der Waals surface area contributed by atoms with Crippen molar-refractivity contribution in [3.05, 3.63) is 0 Å². The third-order valence-electron chi connectivity index (χ3n) is 3.46. The van der Waals surface area contributed by atoms with Gasteiger partial charge in [0.25, 0.3) is 0 Å². The third-order valence-corrected chi connectivity index (χ3v) is 3.46. The first-order valence-electron chi connectivity index (χ1n) is 7.37. The summed E-state index contributed by atoms with van der Waals surface area (Å²) in [7, 11) is 0. The average Bonchev–Trinajstić information content (AvgIpc) is 2.54. The summed E-state index contributed by atoms with van der Waals surface area (Å²) < 4.78 is 10.2. The van der Waals surface area contributed by atoms with Crippen LogP contribution in [0.2, 0.25) is 0 Å². The molecule has 0 spiro atoms. The summed E-state index contributed by atoms with van der Waals surface area (Å²) in [5, 5.41) is 28.9. The summed E-state index contributed by atoms with van der Waals surface area (Å²) in [6.45, 7) is 2.03. The van der Waals surface area contributed by atoms with Crippen LogP contribution >= 0.6 is 0 Å². The molecule has 6 heteroatoms. The van der Waals surface area contributed by atoms with Gasteiger partial charge in [0.2, 0.25) is 0 Å². The van der Waals surface area contributed by atoms with Crippen molar-refractivity contribution in [1.82, 2.24) is 0 Å². The highest BCUT2D eigenvalue weighted by molar-refractivity contribution is 5.69. The highest BCUT2D eigenvalue weighted by Crippen LogP contribution is 2.15. The quantitative estimate of drug-likeness (QED) is 0.463. The molecule has 1 aliphatic heterocycles. The number of hydrogen-bond donors (Lipinski definition) is 3. The monoisotopic (exact) mass is 290 g/mol. The van der Waals surface area contributed by atoms with Crippen molar-refractivity contribution in [2.24, 2.45) is 0 Å². The topological polar surface area (TPSA) is 96.2 Å². The molecule has 0 saturated carbocycles. The lowest BCUT2D eigenvalue weighted by Crippen LogP contribution is -2.45. The first kappa shape index (κ1) is 17.4. The number of esters is 1. The molecule has 3 N–H and O–H groups in total. The molecule has 6 nitrogen and oxygen atoms in total. The van der Waals surface area contributed by atoms with E-state index in [1.807, 2.05) is 0 Å². The first-order valence-corrected chi connectivity index (χ1v) is 7.37. The fourth-order valence-corrected chi connectivity index (χ4v) is 2.15. The lowest BCUT2D eigenvalue weighted by atomic mass is 10.1. The molecule has 0 radical (unpaired) electrons. The van der Waals surface area contributed by atoms with Crippen molar-refractivity contribution in [3.8, 4) is 0 Å². The fourth-order valence-electron chi connectivity index (χ4n) is 2.15. The summed E-state index contributed by atoms with van der Waals surface area (Å²) in [6.07, 6.45) is 0.672. The van der Waals surface area contributed by atoms with Crippen molar-refractivity contribution in [3.63, 3.8) is 0 Å². The highest BCUT2D eigenvalue weighted by atomic mass is 16.6. The fraction of sp³-hybridized carbons (Fsp3) is 0.929. The van der Waals surface area contributed by atoms with E-state index in [0.29, 0.717) is 6.42 Å². The van der Waals surface area contributed by atoms with Gasteiger partial charge in [-0.3, -0.25) is 4.79 Å². The number of carbonyl (C=O) groups is 1. The molecule has 20 heavy (non-hydrogen) atoms. The summed E-state index contributed by atoms with van der Waals surface area (Å²) >= 11 is 0. The minimum absolute atomic E-state index is 0.0170. The molecular weight excluding hydrogens is 264 g/mol. The van der Waals surface area contributed by atoms with Crippen LogP contribution in [0.25, 0.3) is 0 Å². The van der Waals surface area contributed by atoms with E-state index in [1.54, 1.807) is 0 Å². The summed E-state index contributed by atoms with van der Waals surface area (Å²) in [4.78, 5) is 11.7. The molecule has 0 unspecified atom stereocenters. The molecule has 118 valence electrons. The van der Waals surface area contributed by atoms with E-state index in [1.165, 1.54) is 0 Å². The zero-order valence-corrected chi connectivity index (χ0v) is 12.0. The molecule has 0 aromatic carbocycles. The van der Waals surface area contributed by atoms with E-state index >= 15 is 0 Å². The molecule has 4 atom stereocenters. The smallest absolute Gasteiger partial charge is 0.306 e. The van der Waals surface area contributed by atoms with E-state index in [0.717, 1.165) is 32.1 Å². The molecule has 0 amide bonds. The van der Waals surface area contributed by atoms with Gasteiger partial charge < -0.3 is 24.8 Å². The molecule has 1 heterocycles. The zero-order valence-electron chi connectivity index (χ0n) is 12.0. The predicted molar refractivity (Wildman–Crippen MR) is 72.1 cm³/mol. The van der Waals surface area contributed by atoms with Crippen LogP contribution < -0.4 is 0 Å². The van der Waals surface area contributed by atoms with Gasteiger partial charge in [-0.1, -0.05) is 32.6 Å². The van der Waals surface area contributed by atoms with Gasteiger partial charge in [0.15, 0.2) is 6.10 Å². The van der Waals surface area contributed by atoms with Crippen LogP contribution in [0.3, 0.4) is 0 Å². The molecule has 1 rings (SSSR count). The van der Waals surface area contributed by atoms with Crippen LogP contribution in [0.4, 0.5) is 0 Å². The van der Waals surface area contributed by atoms with Gasteiger partial charge >= 0.3 is 5.97 Å². The SMILES string of the molecule is CCCCCCCC(=O)O[C@@H]1COC[C@@H](O)[C@@H](O)[C@@H]1O. The summed E-state index contributed by atoms with van der Waals surface area (Å²) in [5.74, 6) is -0.405. The van der Waals surface area contributed by atoms with Crippen LogP contribution in [-0.2, 0) is 14.3 Å². The van der Waals surface area contributed by atoms with Gasteiger partial charge in [0, 0.05) is 6.42 Å². The summed E-state index contributed by atoms with van der Waals surface area (Å²) in [6, 6.07) is 0. The molecule has 0 aromatic rings. The van der Waals surface area contributed by atoms with Crippen LogP contribution in [0, 0.1) is 0 Å². The minimum Gasteiger partial charge on any atom is -0.457 e. The number of aliphatic hydroxyl groups is 3. The maximum atomic E-state index is 11.7. The average molecular weight is 290 g/mol. The van der Waals surface area contributed by atoms with Crippen LogP contribution in [0.1, 0.15) is 45.4 Å². The van der Waals surface area contributed by atoms with E-state index in [2.05, 4.69) is 6.92 Å². The number of hydrogen-bond acceptors (Lipinski definition) is 6. The standard InChI is InChI=1S/C14H26O6/c1-2-3-4-5-6-7-12(16)20-11-9-19-8-10(15)13(17)14(11)18/h10-11,13-15,17-18H,2-9H2,1H3/t10-,11-,13-,14-/m1/s1. The third kappa shape index (κ3) is 5.75. The number of aliphatic hydroxyl groups excluding tert-OH is 3. The van der Waals surface area contributed by atoms with Gasteiger partial charge in [-0.15, -0.1) is 0 Å². The Labute approximate surface area is 119 Å². The van der Waals surface area contributed by atoms with Gasteiger partial charge in [-0.05, 0) is 6.42 Å². The predicted octanol–water partition coefficient (Wildman–Crippen LogP) is 0.372. The molecule has 0 bridgehead atoms. The molecular formula is C14H26O6.